The molecule has 6 atom stereocenters. The molecule has 0 amide bonds. The molecule has 1 saturated heterocycles. The summed E-state index contributed by atoms with van der Waals surface area (Å²) in [5, 5.41) is 20.4. The molecular weight excluding hydrogens is 555 g/mol. The Balaban J connectivity index is 0.00000363. The van der Waals surface area contributed by atoms with Gasteiger partial charge in [0.05, 0.1) is 12.9 Å². The molecular formula is C10H16CuN5O13P3. The maximum atomic E-state index is 11.8. The van der Waals surface area contributed by atoms with Crippen molar-refractivity contribution in [3.8, 4) is 0 Å². The zero-order chi connectivity index (χ0) is 23.2. The molecule has 2 aromatic heterocycles. The molecule has 3 heterocycles. The molecule has 22 heteroatoms. The number of aliphatic hydroxyl groups excluding tert-OH is 2. The first kappa shape index (κ1) is 27.4. The number of aliphatic hydroxyl groups is 2. The molecule has 185 valence electrons. The van der Waals surface area contributed by atoms with E-state index in [2.05, 4.69) is 28.1 Å². The van der Waals surface area contributed by atoms with Crippen LogP contribution in [0.25, 0.3) is 11.2 Å². The molecule has 0 spiro atoms. The van der Waals surface area contributed by atoms with Gasteiger partial charge in [-0.2, -0.15) is 8.62 Å². The average molecular weight is 571 g/mol. The summed E-state index contributed by atoms with van der Waals surface area (Å²) in [4.78, 5) is 47.2. The molecule has 0 aliphatic carbocycles. The van der Waals surface area contributed by atoms with Crippen LogP contribution in [0.3, 0.4) is 0 Å². The molecule has 0 aromatic carbocycles. The first-order chi connectivity index (χ1) is 14.2. The minimum Gasteiger partial charge on any atom is -0.387 e. The van der Waals surface area contributed by atoms with Crippen molar-refractivity contribution in [2.24, 2.45) is 0 Å². The van der Waals surface area contributed by atoms with E-state index in [0.29, 0.717) is 0 Å². The monoisotopic (exact) mass is 570 g/mol. The maximum absolute atomic E-state index is 11.8. The van der Waals surface area contributed by atoms with Gasteiger partial charge in [0.15, 0.2) is 17.7 Å². The van der Waals surface area contributed by atoms with Crippen molar-refractivity contribution in [2.45, 2.75) is 24.5 Å². The Morgan fingerprint density at radius 1 is 1.03 bits per heavy atom. The fourth-order valence-corrected chi connectivity index (χ4v) is 5.65. The molecule has 8 N–H and O–H groups in total. The fourth-order valence-electron chi connectivity index (χ4n) is 2.62. The van der Waals surface area contributed by atoms with Gasteiger partial charge in [-0.1, -0.05) is 0 Å². The van der Waals surface area contributed by atoms with Crippen molar-refractivity contribution in [1.82, 2.24) is 19.5 Å². The van der Waals surface area contributed by atoms with Gasteiger partial charge in [-0.05, 0) is 0 Å². The third-order valence-corrected chi connectivity index (χ3v) is 7.62. The molecule has 0 saturated carbocycles. The summed E-state index contributed by atoms with van der Waals surface area (Å²) in [7, 11) is -16.7. The van der Waals surface area contributed by atoms with Crippen LogP contribution in [0.5, 0.6) is 0 Å². The number of aromatic nitrogens is 4. The van der Waals surface area contributed by atoms with Gasteiger partial charge in [-0.15, -0.1) is 0 Å². The minimum atomic E-state index is -5.70. The van der Waals surface area contributed by atoms with Crippen molar-refractivity contribution in [1.29, 1.82) is 0 Å². The van der Waals surface area contributed by atoms with Crippen molar-refractivity contribution in [3.63, 3.8) is 0 Å². The predicted octanol–water partition coefficient (Wildman–Crippen LogP) is -1.63. The molecule has 32 heavy (non-hydrogen) atoms. The van der Waals surface area contributed by atoms with Crippen molar-refractivity contribution < 1.29 is 78.4 Å². The van der Waals surface area contributed by atoms with Crippen LogP contribution in [0.1, 0.15) is 6.23 Å². The molecule has 1 radical (unpaired) electrons. The number of hydrogen-bond donors (Lipinski definition) is 7. The van der Waals surface area contributed by atoms with Crippen LogP contribution >= 0.6 is 23.5 Å². The number of rotatable bonds is 8. The van der Waals surface area contributed by atoms with E-state index in [4.69, 9.17) is 25.2 Å². The van der Waals surface area contributed by atoms with E-state index in [0.717, 1.165) is 6.33 Å². The van der Waals surface area contributed by atoms with E-state index in [1.165, 1.54) is 10.9 Å². The second-order valence-corrected chi connectivity index (χ2v) is 10.4. The molecule has 18 nitrogen and oxygen atoms in total. The molecule has 1 aliphatic rings. The van der Waals surface area contributed by atoms with Gasteiger partial charge in [-0.25, -0.2) is 28.6 Å². The van der Waals surface area contributed by atoms with E-state index in [1.54, 1.807) is 0 Å². The molecule has 2 aromatic rings. The summed E-state index contributed by atoms with van der Waals surface area (Å²) >= 11 is 0. The maximum Gasteiger partial charge on any atom is 0.490 e. The summed E-state index contributed by atoms with van der Waals surface area (Å²) in [5.41, 5.74) is 6.00. The quantitative estimate of drug-likeness (QED) is 0.138. The second-order valence-electron chi connectivity index (χ2n) is 6.02. The third-order valence-electron chi connectivity index (χ3n) is 3.82. The van der Waals surface area contributed by atoms with Crippen molar-refractivity contribution in [3.05, 3.63) is 12.7 Å². The summed E-state index contributed by atoms with van der Waals surface area (Å²) in [6.45, 7) is -0.956. The Bertz CT molecular complexity index is 1110. The van der Waals surface area contributed by atoms with E-state index in [9.17, 15) is 28.8 Å². The number of nitrogen functional groups attached to an aromatic ring is 1. The van der Waals surface area contributed by atoms with E-state index >= 15 is 0 Å². The van der Waals surface area contributed by atoms with Gasteiger partial charge >= 0.3 is 23.5 Å². The molecule has 3 rings (SSSR count). The van der Waals surface area contributed by atoms with Crippen LogP contribution in [0, 0.1) is 0 Å². The van der Waals surface area contributed by atoms with Gasteiger partial charge in [0.1, 0.15) is 30.2 Å². The normalized spacial score (nSPS) is 27.6. The summed E-state index contributed by atoms with van der Waals surface area (Å²) in [6, 6.07) is 0. The molecule has 0 bridgehead atoms. The number of nitrogens with zero attached hydrogens (tertiary/aromatic N) is 4. The van der Waals surface area contributed by atoms with E-state index in [-0.39, 0.29) is 34.1 Å². The largest absolute Gasteiger partial charge is 0.490 e. The zero-order valence-electron chi connectivity index (χ0n) is 15.2. The number of imidazole rings is 1. The number of ether oxygens (including phenoxy) is 1. The standard InChI is InChI=1S/C10H16N5O13P3.Cu/c11-8-5-9(13-2-12-8)15(3-14-5)10-7(17)6(16)4(26-10)1-25-30(21,22)28-31(23,24)27-29(18,19)20;/h2-4,6-7,10,16-17H,1H2,(H,21,22)(H,23,24)(H2,11,12,13)(H2,18,19,20);/t4-,6-,7-,10-;/m1./s1. The van der Waals surface area contributed by atoms with Gasteiger partial charge < -0.3 is 40.3 Å². The van der Waals surface area contributed by atoms with Crippen LogP contribution in [0.4, 0.5) is 5.82 Å². The van der Waals surface area contributed by atoms with Crippen LogP contribution < -0.4 is 5.73 Å². The average Bonchev–Trinajstić information content (AvgIpc) is 3.13. The van der Waals surface area contributed by atoms with Gasteiger partial charge in [0.2, 0.25) is 0 Å². The van der Waals surface area contributed by atoms with Crippen LogP contribution in [-0.4, -0.2) is 74.2 Å². The summed E-state index contributed by atoms with van der Waals surface area (Å²) < 4.78 is 51.9. The van der Waals surface area contributed by atoms with Crippen molar-refractivity contribution in [2.75, 3.05) is 12.3 Å². The Labute approximate surface area is 188 Å². The van der Waals surface area contributed by atoms with Crippen molar-refractivity contribution >= 4 is 40.4 Å². The number of phosphoric acid groups is 3. The SMILES string of the molecule is Nc1ncnc2c1ncn2[C@@H]1O[C@H](COP(=O)(O)OP(=O)(O)OP(=O)(O)O)[C@@H](O)[C@H]1O.[Cu]. The molecule has 2 unspecified atom stereocenters. The van der Waals surface area contributed by atoms with E-state index in [1.807, 2.05) is 0 Å². The van der Waals surface area contributed by atoms with Gasteiger partial charge in [0, 0.05) is 17.1 Å². The Hall–Kier alpha value is -0.841. The Kier molecular flexibility index (Phi) is 8.39. The smallest absolute Gasteiger partial charge is 0.387 e. The minimum absolute atomic E-state index is 0. The predicted molar refractivity (Wildman–Crippen MR) is 95.5 cm³/mol. The second kappa shape index (κ2) is 9.80. The molecule has 1 fully saturated rings. The summed E-state index contributed by atoms with van der Waals surface area (Å²) in [5.74, 6) is 0.0426. The molecule has 1 aliphatic heterocycles. The van der Waals surface area contributed by atoms with Crippen LogP contribution in [0.15, 0.2) is 12.7 Å². The van der Waals surface area contributed by atoms with Crippen LogP contribution in [-0.2, 0) is 48.6 Å². The van der Waals surface area contributed by atoms with Crippen LogP contribution in [0.2, 0.25) is 0 Å². The Morgan fingerprint density at radius 2 is 1.69 bits per heavy atom. The van der Waals surface area contributed by atoms with E-state index < -0.39 is 54.6 Å². The number of phosphoric ester groups is 1. The number of fused-ring (bicyclic) bond motifs is 1. The number of nitrogens with two attached hydrogens (primary N) is 1. The van der Waals surface area contributed by atoms with Gasteiger partial charge in [0.25, 0.3) is 0 Å². The first-order valence-corrected chi connectivity index (χ1v) is 12.4. The Morgan fingerprint density at radius 3 is 2.31 bits per heavy atom. The summed E-state index contributed by atoms with van der Waals surface area (Å²) in [6.07, 6.45) is -3.69. The van der Waals surface area contributed by atoms with Gasteiger partial charge in [-0.3, -0.25) is 9.09 Å². The number of hydrogen-bond acceptors (Lipinski definition) is 13. The fraction of sp³-hybridized carbons (Fsp3) is 0.500. The third kappa shape index (κ3) is 6.39. The first-order valence-electron chi connectivity index (χ1n) is 7.92. The topological polar surface area (TPSA) is 279 Å². The number of anilines is 1. The zero-order valence-corrected chi connectivity index (χ0v) is 18.8.